The summed E-state index contributed by atoms with van der Waals surface area (Å²) < 4.78 is 0. The predicted molar refractivity (Wildman–Crippen MR) is 75.8 cm³/mol. The highest BCUT2D eigenvalue weighted by Crippen LogP contribution is 2.12. The summed E-state index contributed by atoms with van der Waals surface area (Å²) in [7, 11) is 0. The molecule has 3 N–H and O–H groups in total. The lowest BCUT2D eigenvalue weighted by Gasteiger charge is -2.09. The largest absolute Gasteiger partial charge is 0.402 e. The monoisotopic (exact) mass is 241 g/mol. The standard InChI is InChI=1S/C15H31NO/c1-3-4-5-6-7-8-9-10-11-12-15(17)13-14(2)16/h15,17H,2-13,16H2,1H3. The van der Waals surface area contributed by atoms with Crippen LogP contribution in [0.4, 0.5) is 0 Å². The summed E-state index contributed by atoms with van der Waals surface area (Å²) in [6, 6.07) is 0. The van der Waals surface area contributed by atoms with E-state index >= 15 is 0 Å². The van der Waals surface area contributed by atoms with E-state index in [1.807, 2.05) is 0 Å². The average Bonchev–Trinajstić information content (AvgIpc) is 2.26. The van der Waals surface area contributed by atoms with Crippen molar-refractivity contribution in [2.24, 2.45) is 5.73 Å². The van der Waals surface area contributed by atoms with Gasteiger partial charge in [-0.05, 0) is 6.42 Å². The summed E-state index contributed by atoms with van der Waals surface area (Å²) in [4.78, 5) is 0. The van der Waals surface area contributed by atoms with Crippen LogP contribution in [0.3, 0.4) is 0 Å². The van der Waals surface area contributed by atoms with Gasteiger partial charge < -0.3 is 10.8 Å². The van der Waals surface area contributed by atoms with Crippen molar-refractivity contribution in [3.63, 3.8) is 0 Å². The van der Waals surface area contributed by atoms with Gasteiger partial charge in [0.2, 0.25) is 0 Å². The minimum atomic E-state index is -0.281. The van der Waals surface area contributed by atoms with Gasteiger partial charge in [-0.25, -0.2) is 0 Å². The molecule has 0 aromatic rings. The second-order valence-electron chi connectivity index (χ2n) is 5.13. The zero-order valence-corrected chi connectivity index (χ0v) is 11.6. The quantitative estimate of drug-likeness (QED) is 0.505. The van der Waals surface area contributed by atoms with Crippen LogP contribution >= 0.6 is 0 Å². The third kappa shape index (κ3) is 13.4. The van der Waals surface area contributed by atoms with Crippen LogP contribution in [0.25, 0.3) is 0 Å². The van der Waals surface area contributed by atoms with Gasteiger partial charge in [-0.2, -0.15) is 0 Å². The zero-order valence-electron chi connectivity index (χ0n) is 11.6. The molecule has 0 saturated carbocycles. The summed E-state index contributed by atoms with van der Waals surface area (Å²) in [5.41, 5.74) is 6.04. The zero-order chi connectivity index (χ0) is 12.9. The van der Waals surface area contributed by atoms with Crippen LogP contribution in [0.15, 0.2) is 12.3 Å². The van der Waals surface area contributed by atoms with Crippen molar-refractivity contribution in [2.45, 2.75) is 83.7 Å². The highest BCUT2D eigenvalue weighted by Gasteiger charge is 2.03. The van der Waals surface area contributed by atoms with E-state index in [4.69, 9.17) is 5.73 Å². The Hall–Kier alpha value is -0.500. The average molecular weight is 241 g/mol. The molecule has 0 rings (SSSR count). The molecule has 0 aromatic heterocycles. The van der Waals surface area contributed by atoms with Gasteiger partial charge in [0, 0.05) is 12.1 Å². The highest BCUT2D eigenvalue weighted by molar-refractivity contribution is 4.88. The number of rotatable bonds is 12. The normalized spacial score (nSPS) is 12.6. The van der Waals surface area contributed by atoms with E-state index in [1.54, 1.807) is 0 Å². The van der Waals surface area contributed by atoms with Gasteiger partial charge in [-0.15, -0.1) is 0 Å². The Morgan fingerprint density at radius 2 is 1.47 bits per heavy atom. The maximum atomic E-state index is 9.58. The molecule has 2 nitrogen and oxygen atoms in total. The van der Waals surface area contributed by atoms with Crippen LogP contribution in [-0.2, 0) is 0 Å². The first-order valence-corrected chi connectivity index (χ1v) is 7.28. The molecule has 0 aliphatic heterocycles. The maximum absolute atomic E-state index is 9.58. The topological polar surface area (TPSA) is 46.2 Å². The molecule has 0 saturated heterocycles. The van der Waals surface area contributed by atoms with Crippen molar-refractivity contribution in [3.8, 4) is 0 Å². The molecule has 0 radical (unpaired) electrons. The lowest BCUT2D eigenvalue weighted by molar-refractivity contribution is 0.160. The van der Waals surface area contributed by atoms with E-state index in [0.29, 0.717) is 12.1 Å². The van der Waals surface area contributed by atoms with Crippen LogP contribution in [0, 0.1) is 0 Å². The Bertz CT molecular complexity index is 180. The van der Waals surface area contributed by atoms with Crippen molar-refractivity contribution < 1.29 is 5.11 Å². The van der Waals surface area contributed by atoms with E-state index in [1.165, 1.54) is 51.4 Å². The number of aliphatic hydroxyl groups excluding tert-OH is 1. The molecular weight excluding hydrogens is 210 g/mol. The Balaban J connectivity index is 3.10. The van der Waals surface area contributed by atoms with Gasteiger partial charge in [0.1, 0.15) is 0 Å². The molecule has 0 aromatic carbocycles. The Morgan fingerprint density at radius 1 is 1.00 bits per heavy atom. The van der Waals surface area contributed by atoms with Crippen LogP contribution in [0.5, 0.6) is 0 Å². The van der Waals surface area contributed by atoms with Crippen LogP contribution in [-0.4, -0.2) is 11.2 Å². The van der Waals surface area contributed by atoms with E-state index in [0.717, 1.165) is 12.8 Å². The second-order valence-corrected chi connectivity index (χ2v) is 5.13. The fourth-order valence-corrected chi connectivity index (χ4v) is 2.10. The molecule has 0 amide bonds. The minimum Gasteiger partial charge on any atom is -0.402 e. The molecular formula is C15H31NO. The minimum absolute atomic E-state index is 0.281. The predicted octanol–water partition coefficient (Wildman–Crippen LogP) is 4.13. The fraction of sp³-hybridized carbons (Fsp3) is 0.867. The van der Waals surface area contributed by atoms with Crippen molar-refractivity contribution in [3.05, 3.63) is 12.3 Å². The number of nitrogens with two attached hydrogens (primary N) is 1. The lowest BCUT2D eigenvalue weighted by atomic mass is 10.0. The molecule has 17 heavy (non-hydrogen) atoms. The Kier molecular flexibility index (Phi) is 11.6. The van der Waals surface area contributed by atoms with Crippen molar-refractivity contribution in [1.82, 2.24) is 0 Å². The van der Waals surface area contributed by atoms with Gasteiger partial charge in [0.25, 0.3) is 0 Å². The molecule has 0 aliphatic rings. The smallest absolute Gasteiger partial charge is 0.0594 e. The molecule has 0 fully saturated rings. The Morgan fingerprint density at radius 3 is 1.94 bits per heavy atom. The van der Waals surface area contributed by atoms with Crippen molar-refractivity contribution >= 4 is 0 Å². The van der Waals surface area contributed by atoms with Crippen LogP contribution in [0.2, 0.25) is 0 Å². The van der Waals surface area contributed by atoms with Crippen LogP contribution in [0.1, 0.15) is 77.6 Å². The van der Waals surface area contributed by atoms with Crippen LogP contribution < -0.4 is 5.73 Å². The molecule has 2 heteroatoms. The van der Waals surface area contributed by atoms with E-state index in [2.05, 4.69) is 13.5 Å². The number of unbranched alkanes of at least 4 members (excludes halogenated alkanes) is 8. The molecule has 102 valence electrons. The summed E-state index contributed by atoms with van der Waals surface area (Å²) in [6.07, 6.45) is 13.0. The molecule has 0 bridgehead atoms. The Labute approximate surface area is 107 Å². The number of hydrogen-bond donors (Lipinski definition) is 2. The van der Waals surface area contributed by atoms with Gasteiger partial charge in [0.15, 0.2) is 0 Å². The molecule has 0 spiro atoms. The lowest BCUT2D eigenvalue weighted by Crippen LogP contribution is -2.10. The van der Waals surface area contributed by atoms with Gasteiger partial charge in [0.05, 0.1) is 6.10 Å². The summed E-state index contributed by atoms with van der Waals surface area (Å²) in [5, 5.41) is 9.58. The van der Waals surface area contributed by atoms with Gasteiger partial charge in [-0.3, -0.25) is 0 Å². The molecule has 0 heterocycles. The van der Waals surface area contributed by atoms with E-state index in [-0.39, 0.29) is 6.10 Å². The summed E-state index contributed by atoms with van der Waals surface area (Å²) in [6.45, 7) is 5.86. The first kappa shape index (κ1) is 16.5. The van der Waals surface area contributed by atoms with Gasteiger partial charge >= 0.3 is 0 Å². The molecule has 1 unspecified atom stereocenters. The third-order valence-corrected chi connectivity index (χ3v) is 3.14. The summed E-state index contributed by atoms with van der Waals surface area (Å²) >= 11 is 0. The van der Waals surface area contributed by atoms with Gasteiger partial charge in [-0.1, -0.05) is 71.3 Å². The number of hydrogen-bond acceptors (Lipinski definition) is 2. The van der Waals surface area contributed by atoms with Crippen molar-refractivity contribution in [2.75, 3.05) is 0 Å². The van der Waals surface area contributed by atoms with Crippen molar-refractivity contribution in [1.29, 1.82) is 0 Å². The molecule has 0 aliphatic carbocycles. The SMILES string of the molecule is C=C(N)CC(O)CCCCCCCCCCC. The first-order chi connectivity index (χ1) is 8.16. The first-order valence-electron chi connectivity index (χ1n) is 7.28. The summed E-state index contributed by atoms with van der Waals surface area (Å²) in [5.74, 6) is 0. The highest BCUT2D eigenvalue weighted by atomic mass is 16.3. The fourth-order valence-electron chi connectivity index (χ4n) is 2.10. The molecule has 1 atom stereocenters. The second kappa shape index (κ2) is 12.0. The van der Waals surface area contributed by atoms with E-state index < -0.39 is 0 Å². The van der Waals surface area contributed by atoms with E-state index in [9.17, 15) is 5.11 Å². The third-order valence-electron chi connectivity index (χ3n) is 3.14. The maximum Gasteiger partial charge on any atom is 0.0594 e. The number of aliphatic hydroxyl groups is 1.